The van der Waals surface area contributed by atoms with Gasteiger partial charge in [0.15, 0.2) is 0 Å². The normalized spacial score (nSPS) is 20.8. The molecule has 5 heteroatoms. The number of H-pyrrole nitrogens is 1. The summed E-state index contributed by atoms with van der Waals surface area (Å²) in [6, 6.07) is 3.66. The van der Waals surface area contributed by atoms with Crippen LogP contribution in [0.3, 0.4) is 0 Å². The SMILES string of the molecule is Clc1cc2nc(C3CCCS3)[nH]c2cc1Cl. The standard InChI is InChI=1S/C11H10Cl2N2S/c12-6-4-8-9(5-7(6)13)15-11(14-8)10-2-1-3-16-10/h4-5,10H,1-3H2,(H,14,15). The Morgan fingerprint density at radius 2 is 2.12 bits per heavy atom. The van der Waals surface area contributed by atoms with Crippen molar-refractivity contribution in [1.82, 2.24) is 9.97 Å². The number of thioether (sulfide) groups is 1. The minimum atomic E-state index is 0.505. The van der Waals surface area contributed by atoms with Gasteiger partial charge in [-0.15, -0.1) is 0 Å². The fourth-order valence-corrected chi connectivity index (χ4v) is 3.51. The van der Waals surface area contributed by atoms with E-state index in [1.807, 2.05) is 23.9 Å². The fourth-order valence-electron chi connectivity index (χ4n) is 1.97. The molecule has 1 fully saturated rings. The minimum absolute atomic E-state index is 0.505. The number of rotatable bonds is 1. The van der Waals surface area contributed by atoms with Gasteiger partial charge >= 0.3 is 0 Å². The molecule has 2 aromatic rings. The molecule has 0 aliphatic carbocycles. The second-order valence-electron chi connectivity index (χ2n) is 3.91. The van der Waals surface area contributed by atoms with E-state index in [2.05, 4.69) is 9.97 Å². The molecular weight excluding hydrogens is 263 g/mol. The molecule has 1 atom stereocenters. The van der Waals surface area contributed by atoms with Crippen molar-refractivity contribution in [2.75, 3.05) is 5.75 Å². The summed E-state index contributed by atoms with van der Waals surface area (Å²) in [7, 11) is 0. The summed E-state index contributed by atoms with van der Waals surface area (Å²) in [5.74, 6) is 2.28. The van der Waals surface area contributed by atoms with Crippen LogP contribution >= 0.6 is 35.0 Å². The van der Waals surface area contributed by atoms with Crippen LogP contribution in [0.5, 0.6) is 0 Å². The molecule has 1 saturated heterocycles. The van der Waals surface area contributed by atoms with Crippen molar-refractivity contribution in [3.8, 4) is 0 Å². The number of halogens is 2. The number of benzene rings is 1. The fraction of sp³-hybridized carbons (Fsp3) is 0.364. The van der Waals surface area contributed by atoms with Gasteiger partial charge in [-0.05, 0) is 30.7 Å². The quantitative estimate of drug-likeness (QED) is 0.832. The maximum atomic E-state index is 5.97. The number of fused-ring (bicyclic) bond motifs is 1. The van der Waals surface area contributed by atoms with Crippen molar-refractivity contribution in [3.05, 3.63) is 28.0 Å². The van der Waals surface area contributed by atoms with Crippen LogP contribution in [0.4, 0.5) is 0 Å². The predicted octanol–water partition coefficient (Wildman–Crippen LogP) is 4.44. The van der Waals surface area contributed by atoms with E-state index in [0.717, 1.165) is 16.9 Å². The van der Waals surface area contributed by atoms with Crippen LogP contribution in [0.2, 0.25) is 10.0 Å². The van der Waals surface area contributed by atoms with E-state index < -0.39 is 0 Å². The van der Waals surface area contributed by atoms with Gasteiger partial charge in [-0.25, -0.2) is 4.98 Å². The highest BCUT2D eigenvalue weighted by atomic mass is 35.5. The summed E-state index contributed by atoms with van der Waals surface area (Å²) < 4.78 is 0. The van der Waals surface area contributed by atoms with Crippen molar-refractivity contribution in [2.45, 2.75) is 18.1 Å². The summed E-state index contributed by atoms with van der Waals surface area (Å²) >= 11 is 13.9. The van der Waals surface area contributed by atoms with E-state index in [-0.39, 0.29) is 0 Å². The Bertz CT molecular complexity index is 493. The molecule has 1 unspecified atom stereocenters. The van der Waals surface area contributed by atoms with E-state index in [1.165, 1.54) is 18.6 Å². The van der Waals surface area contributed by atoms with Gasteiger partial charge in [0.2, 0.25) is 0 Å². The lowest BCUT2D eigenvalue weighted by Gasteiger charge is -2.01. The maximum Gasteiger partial charge on any atom is 0.120 e. The second kappa shape index (κ2) is 4.13. The first kappa shape index (κ1) is 10.8. The Hall–Kier alpha value is -0.380. The highest BCUT2D eigenvalue weighted by Crippen LogP contribution is 2.39. The lowest BCUT2D eigenvalue weighted by Crippen LogP contribution is -1.90. The second-order valence-corrected chi connectivity index (χ2v) is 6.03. The first-order chi connectivity index (χ1) is 7.74. The Morgan fingerprint density at radius 3 is 2.88 bits per heavy atom. The van der Waals surface area contributed by atoms with Gasteiger partial charge in [0.25, 0.3) is 0 Å². The molecule has 1 N–H and O–H groups in total. The zero-order valence-corrected chi connectivity index (χ0v) is 10.8. The number of imidazole rings is 1. The highest BCUT2D eigenvalue weighted by Gasteiger charge is 2.21. The lowest BCUT2D eigenvalue weighted by atomic mass is 10.2. The molecule has 16 heavy (non-hydrogen) atoms. The van der Waals surface area contributed by atoms with Crippen molar-refractivity contribution in [1.29, 1.82) is 0 Å². The van der Waals surface area contributed by atoms with Gasteiger partial charge in [-0.1, -0.05) is 23.2 Å². The smallest absolute Gasteiger partial charge is 0.120 e. The predicted molar refractivity (Wildman–Crippen MR) is 70.5 cm³/mol. The lowest BCUT2D eigenvalue weighted by molar-refractivity contribution is 0.793. The first-order valence-corrected chi connectivity index (χ1v) is 7.01. The summed E-state index contributed by atoms with van der Waals surface area (Å²) in [5, 5.41) is 1.64. The van der Waals surface area contributed by atoms with Crippen molar-refractivity contribution >= 4 is 46.0 Å². The molecule has 0 saturated carbocycles. The van der Waals surface area contributed by atoms with Crippen LogP contribution < -0.4 is 0 Å². The number of nitrogens with zero attached hydrogens (tertiary/aromatic N) is 1. The van der Waals surface area contributed by atoms with Gasteiger partial charge in [0.05, 0.1) is 26.3 Å². The van der Waals surface area contributed by atoms with Crippen LogP contribution in [0, 0.1) is 0 Å². The molecule has 0 bridgehead atoms. The zero-order chi connectivity index (χ0) is 11.1. The van der Waals surface area contributed by atoms with E-state index >= 15 is 0 Å². The Labute approximate surface area is 108 Å². The third-order valence-electron chi connectivity index (χ3n) is 2.78. The van der Waals surface area contributed by atoms with E-state index in [0.29, 0.717) is 15.3 Å². The molecule has 2 heterocycles. The monoisotopic (exact) mass is 272 g/mol. The molecule has 1 aliphatic rings. The molecule has 0 amide bonds. The average molecular weight is 273 g/mol. The summed E-state index contributed by atoms with van der Waals surface area (Å²) in [4.78, 5) is 7.91. The topological polar surface area (TPSA) is 28.7 Å². The van der Waals surface area contributed by atoms with Gasteiger partial charge < -0.3 is 4.98 Å². The molecule has 1 aromatic heterocycles. The van der Waals surface area contributed by atoms with E-state index in [9.17, 15) is 0 Å². The van der Waals surface area contributed by atoms with E-state index in [1.54, 1.807) is 0 Å². The summed E-state index contributed by atoms with van der Waals surface area (Å²) in [6.07, 6.45) is 2.47. The van der Waals surface area contributed by atoms with Crippen LogP contribution in [0.1, 0.15) is 23.9 Å². The third kappa shape index (κ3) is 1.81. The van der Waals surface area contributed by atoms with Gasteiger partial charge in [-0.3, -0.25) is 0 Å². The van der Waals surface area contributed by atoms with Crippen LogP contribution in [0.15, 0.2) is 12.1 Å². The van der Waals surface area contributed by atoms with Gasteiger partial charge in [-0.2, -0.15) is 11.8 Å². The van der Waals surface area contributed by atoms with Gasteiger partial charge in [0.1, 0.15) is 5.82 Å². The highest BCUT2D eigenvalue weighted by molar-refractivity contribution is 7.99. The number of aromatic nitrogens is 2. The maximum absolute atomic E-state index is 5.97. The molecule has 0 spiro atoms. The largest absolute Gasteiger partial charge is 0.341 e. The molecule has 0 radical (unpaired) electrons. The first-order valence-electron chi connectivity index (χ1n) is 5.20. The third-order valence-corrected chi connectivity index (χ3v) is 4.88. The Morgan fingerprint density at radius 1 is 1.31 bits per heavy atom. The number of hydrogen-bond acceptors (Lipinski definition) is 2. The van der Waals surface area contributed by atoms with Crippen LogP contribution in [-0.4, -0.2) is 15.7 Å². The van der Waals surface area contributed by atoms with Crippen LogP contribution in [-0.2, 0) is 0 Å². The molecule has 1 aliphatic heterocycles. The Kier molecular flexibility index (Phi) is 2.78. The molecule has 1 aromatic carbocycles. The van der Waals surface area contributed by atoms with Crippen LogP contribution in [0.25, 0.3) is 11.0 Å². The average Bonchev–Trinajstić information content (AvgIpc) is 2.86. The number of nitrogens with one attached hydrogen (secondary N) is 1. The molecular formula is C11H10Cl2N2S. The van der Waals surface area contributed by atoms with Crippen molar-refractivity contribution in [2.24, 2.45) is 0 Å². The number of hydrogen-bond donors (Lipinski definition) is 1. The van der Waals surface area contributed by atoms with Gasteiger partial charge in [0, 0.05) is 0 Å². The van der Waals surface area contributed by atoms with Crippen molar-refractivity contribution < 1.29 is 0 Å². The molecule has 2 nitrogen and oxygen atoms in total. The van der Waals surface area contributed by atoms with E-state index in [4.69, 9.17) is 23.2 Å². The molecule has 84 valence electrons. The Balaban J connectivity index is 2.08. The zero-order valence-electron chi connectivity index (χ0n) is 8.46. The summed E-state index contributed by atoms with van der Waals surface area (Å²) in [5.41, 5.74) is 1.87. The molecule has 3 rings (SSSR count). The number of aromatic amines is 1. The minimum Gasteiger partial charge on any atom is -0.341 e. The van der Waals surface area contributed by atoms with Crippen molar-refractivity contribution in [3.63, 3.8) is 0 Å². The summed E-state index contributed by atoms with van der Waals surface area (Å²) in [6.45, 7) is 0.